The number of carbonyl (C=O) groups excluding carboxylic acids is 1. The number of hydrogen-bond donors (Lipinski definition) is 0. The Bertz CT molecular complexity index is 4320. The van der Waals surface area contributed by atoms with E-state index in [0.29, 0.717) is 29.1 Å². The van der Waals surface area contributed by atoms with Crippen LogP contribution in [-0.4, -0.2) is 45.5 Å². The third-order valence-electron chi connectivity index (χ3n) is 13.5. The number of para-hydroxylation sites is 4. The summed E-state index contributed by atoms with van der Waals surface area (Å²) in [6, 6.07) is 83.3. The summed E-state index contributed by atoms with van der Waals surface area (Å²) in [5.74, 6) is 1.62. The van der Waals surface area contributed by atoms with Gasteiger partial charge < -0.3 is 20.7 Å². The number of hydrogen-bond acceptors (Lipinski definition) is 9. The number of nitrogens with zero attached hydrogens (tertiary/aromatic N) is 8. The summed E-state index contributed by atoms with van der Waals surface area (Å²) in [7, 11) is 0. The van der Waals surface area contributed by atoms with Crippen LogP contribution in [0.25, 0.3) is 123 Å². The first kappa shape index (κ1) is 58.4. The zero-order valence-corrected chi connectivity index (χ0v) is 56.9. The second-order valence-electron chi connectivity index (χ2n) is 18.3. The molecule has 4 heterocycles. The molecule has 0 fully saturated rings. The molecular weight excluding hydrogens is 1270 g/mol. The minimum atomic E-state index is -0.587. The largest absolute Gasteiger partial charge is 1.00 e. The van der Waals surface area contributed by atoms with Gasteiger partial charge in [0.05, 0.1) is 33.3 Å². The Morgan fingerprint density at radius 2 is 0.683 bits per heavy atom. The van der Waals surface area contributed by atoms with Gasteiger partial charge in [0.15, 0.2) is 34.9 Å². The summed E-state index contributed by atoms with van der Waals surface area (Å²) in [6.45, 7) is -0.181. The summed E-state index contributed by atoms with van der Waals surface area (Å²) in [6.07, 6.45) is 0. The van der Waals surface area contributed by atoms with Crippen LogP contribution in [0, 0.1) is 11.6 Å². The van der Waals surface area contributed by atoms with E-state index in [2.05, 4.69) is 169 Å². The van der Waals surface area contributed by atoms with Crippen molar-refractivity contribution < 1.29 is 163 Å². The molecule has 0 atom stereocenters. The van der Waals surface area contributed by atoms with Crippen molar-refractivity contribution in [2.45, 2.75) is 0 Å². The van der Waals surface area contributed by atoms with E-state index in [1.165, 1.54) is 21.5 Å². The maximum absolute atomic E-state index is 14.3. The molecule has 0 unspecified atom stereocenters. The molecule has 4 aromatic heterocycles. The predicted molar refractivity (Wildman–Crippen MR) is 309 cm³/mol. The van der Waals surface area contributed by atoms with Crippen LogP contribution in [-0.2, 0) is 9.68 Å². The van der Waals surface area contributed by atoms with Crippen LogP contribution in [0.3, 0.4) is 0 Å². The fraction of sp³-hybridized carbons (Fsp3) is 0. The molecule has 0 spiro atoms. The van der Waals surface area contributed by atoms with Crippen molar-refractivity contribution >= 4 is 50.1 Å². The van der Waals surface area contributed by atoms with Crippen LogP contribution in [0.5, 0.6) is 0 Å². The second kappa shape index (κ2) is 27.1. The van der Waals surface area contributed by atoms with Gasteiger partial charge >= 0.3 is 138 Å². The fourth-order valence-electron chi connectivity index (χ4n) is 9.95. The van der Waals surface area contributed by atoms with Crippen molar-refractivity contribution in [2.24, 2.45) is 0 Å². The molecule has 14 rings (SSSR count). The van der Waals surface area contributed by atoms with Crippen molar-refractivity contribution in [3.63, 3.8) is 0 Å². The molecule has 10 aromatic carbocycles. The Morgan fingerprint density at radius 1 is 0.366 bits per heavy atom. The zero-order valence-electron chi connectivity index (χ0n) is 45.4. The van der Waals surface area contributed by atoms with Crippen LogP contribution >= 0.6 is 0 Å². The van der Waals surface area contributed by atoms with Crippen molar-refractivity contribution in [1.29, 1.82) is 0 Å². The molecule has 0 saturated heterocycles. The van der Waals surface area contributed by atoms with E-state index in [9.17, 15) is 8.78 Å². The molecule has 0 N–H and O–H groups in total. The summed E-state index contributed by atoms with van der Waals surface area (Å²) in [4.78, 5) is 40.0. The van der Waals surface area contributed by atoms with Gasteiger partial charge in [0.2, 0.25) is 0 Å². The Hall–Kier alpha value is -6.79. The van der Waals surface area contributed by atoms with E-state index in [0.717, 1.165) is 79.5 Å². The Labute approximate surface area is 589 Å². The van der Waals surface area contributed by atoms with Crippen molar-refractivity contribution in [1.82, 2.24) is 39.0 Å². The van der Waals surface area contributed by atoms with Gasteiger partial charge in [-0.1, -0.05) is 194 Å². The average molecular weight is 1310 g/mol. The van der Waals surface area contributed by atoms with E-state index in [-0.39, 0.29) is 157 Å². The van der Waals surface area contributed by atoms with Crippen LogP contribution in [0.15, 0.2) is 255 Å². The van der Waals surface area contributed by atoms with Gasteiger partial charge in [-0.25, -0.2) is 38.7 Å². The molecule has 386 valence electrons. The van der Waals surface area contributed by atoms with Gasteiger partial charge in [-0.15, -0.1) is 0 Å². The van der Waals surface area contributed by atoms with Crippen molar-refractivity contribution in [2.75, 3.05) is 0 Å². The van der Waals surface area contributed by atoms with E-state index < -0.39 is 11.6 Å². The minimum Gasteiger partial charge on any atom is -1.00 e. The molecule has 0 amide bonds. The van der Waals surface area contributed by atoms with Crippen LogP contribution in [0.2, 0.25) is 0 Å². The molecule has 0 saturated carbocycles. The number of benzene rings is 10. The smallest absolute Gasteiger partial charge is 1.00 e. The van der Waals surface area contributed by atoms with E-state index in [1.54, 1.807) is 0 Å². The first-order chi connectivity index (χ1) is 39.4. The van der Waals surface area contributed by atoms with Crippen LogP contribution < -0.4 is 143 Å². The predicted octanol–water partition coefficient (Wildman–Crippen LogP) is 8.77. The summed E-state index contributed by atoms with van der Waals surface area (Å²) in [5.41, 5.74) is 10.9. The Balaban J connectivity index is 0.000000212. The maximum Gasteiger partial charge on any atom is 1.00 e. The second-order valence-corrected chi connectivity index (χ2v) is 18.3. The quantitative estimate of drug-likeness (QED) is 0.0790. The van der Waals surface area contributed by atoms with Gasteiger partial charge in [0.25, 0.3) is 6.47 Å². The first-order valence-corrected chi connectivity index (χ1v) is 25.5. The third-order valence-corrected chi connectivity index (χ3v) is 13.5. The molecule has 0 bridgehead atoms. The first-order valence-electron chi connectivity index (χ1n) is 25.5. The fourth-order valence-corrected chi connectivity index (χ4v) is 9.95. The summed E-state index contributed by atoms with van der Waals surface area (Å²) >= 11 is 0. The molecule has 0 aliphatic heterocycles. The number of fused-ring (bicyclic) bond motifs is 6. The summed E-state index contributed by atoms with van der Waals surface area (Å²) < 4.78 is 32.6. The van der Waals surface area contributed by atoms with Gasteiger partial charge in [-0.2, -0.15) is 0 Å². The Kier molecular flexibility index (Phi) is 19.3. The van der Waals surface area contributed by atoms with E-state index in [4.69, 9.17) is 25.0 Å². The monoisotopic (exact) mass is 1310 g/mol. The zero-order chi connectivity index (χ0) is 54.4. The SMILES string of the molecule is Fc1ccc(F)c(-c2nc(-c3ccccc3)nc(-c3ccccc3)n2)c1.O=CO[O-].[Cs+].[Cs+].[H-].c1ccc(-c2nc(-c3ccccc3)nc(-c3cc(-n4c5ccccc5c5ccccc54)ccc3-n3c4ccccc4c4ccccc43)n2)cc1. The minimum absolute atomic E-state index is 0. The molecule has 14 aromatic rings. The van der Waals surface area contributed by atoms with Gasteiger partial charge in [-0.05, 0) is 60.7 Å². The third kappa shape index (κ3) is 12.3. The molecule has 15 heteroatoms. The van der Waals surface area contributed by atoms with Crippen LogP contribution in [0.1, 0.15) is 1.43 Å². The summed E-state index contributed by atoms with van der Waals surface area (Å²) in [5, 5.41) is 13.3. The number of halogens is 2. The van der Waals surface area contributed by atoms with Crippen molar-refractivity contribution in [3.05, 3.63) is 266 Å². The number of rotatable bonds is 9. The molecular formula is C67H44Cs2F2N8O3. The molecule has 0 aliphatic carbocycles. The normalized spacial score (nSPS) is 10.7. The van der Waals surface area contributed by atoms with Crippen molar-refractivity contribution in [3.8, 4) is 79.7 Å². The van der Waals surface area contributed by atoms with Gasteiger partial charge in [-0.3, -0.25) is 4.79 Å². The Morgan fingerprint density at radius 3 is 1.05 bits per heavy atom. The van der Waals surface area contributed by atoms with Gasteiger partial charge in [0.1, 0.15) is 11.6 Å². The standard InChI is InChI=1S/C45H29N5.C21H13F2N3.CH2O3.2Cs.H/c1-3-15-30(16-4-1)43-46-44(31-17-5-2-6-18-31)48-45(47-43)37-29-32(49-38-23-11-7-19-33(38)34-20-8-12-24-39(34)49)27-28-42(37)50-40-25-13-9-21-35(40)36-22-10-14-26-41(36)50;22-16-11-12-18(23)17(13-16)21-25-19(14-7-3-1-4-8-14)24-20(26-21)15-9-5-2-6-10-15;2-1-4-3;;;/h1-29H;1-13H;1,3H;;;/q;;;2*+1;-1/p-1. The molecule has 0 aliphatic rings. The topological polar surface area (TPSA) is 137 Å². The average Bonchev–Trinajstić information content (AvgIpc) is 2.57. The van der Waals surface area contributed by atoms with Gasteiger partial charge in [0, 0.05) is 55.0 Å². The molecule has 0 radical (unpaired) electrons. The molecule has 82 heavy (non-hydrogen) atoms. The van der Waals surface area contributed by atoms with Crippen LogP contribution in [0.4, 0.5) is 8.78 Å². The van der Waals surface area contributed by atoms with E-state index in [1.807, 2.05) is 97.1 Å². The molecule has 11 nitrogen and oxygen atoms in total. The van der Waals surface area contributed by atoms with E-state index >= 15 is 0 Å². The number of carbonyl (C=O) groups is 1. The number of aromatic nitrogens is 8. The maximum atomic E-state index is 14.3.